The van der Waals surface area contributed by atoms with Crippen LogP contribution >= 0.6 is 0 Å². The number of hydrogen-bond acceptors (Lipinski definition) is 4. The van der Waals surface area contributed by atoms with Crippen LogP contribution < -0.4 is 9.47 Å². The molecule has 0 fully saturated rings. The van der Waals surface area contributed by atoms with Gasteiger partial charge in [0.05, 0.1) is 23.7 Å². The van der Waals surface area contributed by atoms with Gasteiger partial charge in [0, 0.05) is 12.6 Å². The minimum absolute atomic E-state index is 0.0848. The molecule has 0 radical (unpaired) electrons. The van der Waals surface area contributed by atoms with Gasteiger partial charge in [0.1, 0.15) is 18.5 Å². The molecule has 0 saturated carbocycles. The first-order chi connectivity index (χ1) is 15.1. The number of benzene rings is 3. The fraction of sp³-hybridized carbons (Fsp3) is 0.120. The quantitative estimate of drug-likeness (QED) is 0.399. The van der Waals surface area contributed by atoms with Gasteiger partial charge >= 0.3 is 0 Å². The Bertz CT molecular complexity index is 1320. The second kappa shape index (κ2) is 8.72. The number of allylic oxidation sites excluding steroid dienone is 1. The van der Waals surface area contributed by atoms with Crippen molar-refractivity contribution in [3.8, 4) is 17.6 Å². The molecule has 0 aliphatic heterocycles. The Morgan fingerprint density at radius 1 is 1.10 bits per heavy atom. The van der Waals surface area contributed by atoms with Gasteiger partial charge in [-0.25, -0.2) is 9.37 Å². The number of fused-ring (bicyclic) bond motifs is 1. The molecular weight excluding hydrogens is 393 g/mol. The zero-order valence-corrected chi connectivity index (χ0v) is 17.2. The molecule has 0 atom stereocenters. The molecule has 5 nitrogen and oxygen atoms in total. The molecule has 4 aromatic rings. The lowest BCUT2D eigenvalue weighted by atomic mass is 10.1. The maximum absolute atomic E-state index is 13.8. The van der Waals surface area contributed by atoms with E-state index in [0.717, 1.165) is 16.6 Å². The SMILES string of the molecule is COc1cc(/C=C(\C#N)c2nc3ccccc3n2C)ccc1OCc1ccccc1F. The van der Waals surface area contributed by atoms with E-state index in [1.165, 1.54) is 13.2 Å². The molecule has 1 aromatic heterocycles. The molecule has 0 spiro atoms. The van der Waals surface area contributed by atoms with Gasteiger partial charge in [-0.15, -0.1) is 0 Å². The van der Waals surface area contributed by atoms with Gasteiger partial charge in [-0.2, -0.15) is 5.26 Å². The summed E-state index contributed by atoms with van der Waals surface area (Å²) in [6.45, 7) is 0.0848. The number of halogens is 1. The second-order valence-corrected chi connectivity index (χ2v) is 6.94. The number of aryl methyl sites for hydroxylation is 1. The van der Waals surface area contributed by atoms with Gasteiger partial charge in [-0.3, -0.25) is 0 Å². The molecule has 0 bridgehead atoms. The summed E-state index contributed by atoms with van der Waals surface area (Å²) in [4.78, 5) is 4.59. The number of methoxy groups -OCH3 is 1. The molecule has 0 aliphatic rings. The maximum atomic E-state index is 13.8. The van der Waals surface area contributed by atoms with Crippen molar-refractivity contribution in [1.82, 2.24) is 9.55 Å². The van der Waals surface area contributed by atoms with Crippen LogP contribution in [0.5, 0.6) is 11.5 Å². The van der Waals surface area contributed by atoms with Gasteiger partial charge < -0.3 is 14.0 Å². The molecular formula is C25H20FN3O2. The predicted molar refractivity (Wildman–Crippen MR) is 118 cm³/mol. The molecule has 0 saturated heterocycles. The molecule has 0 amide bonds. The van der Waals surface area contributed by atoms with Crippen molar-refractivity contribution in [2.75, 3.05) is 7.11 Å². The maximum Gasteiger partial charge on any atom is 0.161 e. The molecule has 0 aliphatic carbocycles. The van der Waals surface area contributed by atoms with Crippen molar-refractivity contribution in [3.63, 3.8) is 0 Å². The van der Waals surface area contributed by atoms with Crippen molar-refractivity contribution in [3.05, 3.63) is 89.5 Å². The Hall–Kier alpha value is -4.11. The van der Waals surface area contributed by atoms with Crippen LogP contribution in [-0.2, 0) is 13.7 Å². The zero-order chi connectivity index (χ0) is 21.8. The lowest BCUT2D eigenvalue weighted by molar-refractivity contribution is 0.279. The van der Waals surface area contributed by atoms with Crippen LogP contribution in [0.25, 0.3) is 22.7 Å². The van der Waals surface area contributed by atoms with E-state index in [2.05, 4.69) is 11.1 Å². The smallest absolute Gasteiger partial charge is 0.161 e. The third kappa shape index (κ3) is 4.12. The van der Waals surface area contributed by atoms with Crippen molar-refractivity contribution < 1.29 is 13.9 Å². The Morgan fingerprint density at radius 2 is 1.87 bits per heavy atom. The summed E-state index contributed by atoms with van der Waals surface area (Å²) in [6.07, 6.45) is 1.75. The number of rotatable bonds is 6. The Balaban J connectivity index is 1.63. The average Bonchev–Trinajstić information content (AvgIpc) is 3.13. The minimum atomic E-state index is -0.317. The molecule has 1 heterocycles. The highest BCUT2D eigenvalue weighted by molar-refractivity contribution is 5.91. The van der Waals surface area contributed by atoms with E-state index in [0.29, 0.717) is 28.5 Å². The van der Waals surface area contributed by atoms with Crippen LogP contribution in [0.3, 0.4) is 0 Å². The highest BCUT2D eigenvalue weighted by Gasteiger charge is 2.13. The standard InChI is InChI=1S/C25H20FN3O2/c1-29-22-10-6-5-9-21(22)28-25(29)19(15-27)13-17-11-12-23(24(14-17)30-2)31-16-18-7-3-4-8-20(18)26/h3-14H,16H2,1-2H3/b19-13+. The zero-order valence-electron chi connectivity index (χ0n) is 17.2. The third-order valence-electron chi connectivity index (χ3n) is 4.99. The predicted octanol–water partition coefficient (Wildman–Crippen LogP) is 5.36. The van der Waals surface area contributed by atoms with E-state index in [9.17, 15) is 9.65 Å². The Labute approximate surface area is 179 Å². The van der Waals surface area contributed by atoms with Crippen LogP contribution in [0.2, 0.25) is 0 Å². The van der Waals surface area contributed by atoms with E-state index in [4.69, 9.17) is 9.47 Å². The first kappa shape index (κ1) is 20.2. The molecule has 0 N–H and O–H groups in total. The number of para-hydroxylation sites is 2. The lowest BCUT2D eigenvalue weighted by Crippen LogP contribution is -2.00. The number of imidazole rings is 1. The van der Waals surface area contributed by atoms with E-state index in [1.807, 2.05) is 41.9 Å². The monoisotopic (exact) mass is 413 g/mol. The summed E-state index contributed by atoms with van der Waals surface area (Å²) >= 11 is 0. The van der Waals surface area contributed by atoms with E-state index in [1.54, 1.807) is 36.4 Å². The fourth-order valence-electron chi connectivity index (χ4n) is 3.36. The van der Waals surface area contributed by atoms with E-state index in [-0.39, 0.29) is 12.4 Å². The Kier molecular flexibility index (Phi) is 5.67. The molecule has 154 valence electrons. The van der Waals surface area contributed by atoms with Gasteiger partial charge in [-0.1, -0.05) is 36.4 Å². The van der Waals surface area contributed by atoms with Gasteiger partial charge in [0.25, 0.3) is 0 Å². The molecule has 4 rings (SSSR count). The van der Waals surface area contributed by atoms with Crippen molar-refractivity contribution in [2.24, 2.45) is 7.05 Å². The normalized spacial score (nSPS) is 11.4. The van der Waals surface area contributed by atoms with Gasteiger partial charge in [-0.05, 0) is 42.0 Å². The summed E-state index contributed by atoms with van der Waals surface area (Å²) in [5.41, 5.74) is 3.44. The van der Waals surface area contributed by atoms with Crippen LogP contribution in [0.4, 0.5) is 4.39 Å². The number of ether oxygens (including phenoxy) is 2. The molecule has 3 aromatic carbocycles. The number of hydrogen-bond donors (Lipinski definition) is 0. The highest BCUT2D eigenvalue weighted by atomic mass is 19.1. The minimum Gasteiger partial charge on any atom is -0.493 e. The third-order valence-corrected chi connectivity index (χ3v) is 4.99. The van der Waals surface area contributed by atoms with Gasteiger partial charge in [0.2, 0.25) is 0 Å². The van der Waals surface area contributed by atoms with E-state index >= 15 is 0 Å². The summed E-state index contributed by atoms with van der Waals surface area (Å²) in [5.74, 6) is 1.25. The molecule has 0 unspecified atom stereocenters. The van der Waals surface area contributed by atoms with Crippen LogP contribution in [0.1, 0.15) is 17.0 Å². The summed E-state index contributed by atoms with van der Waals surface area (Å²) in [5, 5.41) is 9.74. The summed E-state index contributed by atoms with van der Waals surface area (Å²) in [6, 6.07) is 21.8. The van der Waals surface area contributed by atoms with E-state index < -0.39 is 0 Å². The van der Waals surface area contributed by atoms with Crippen molar-refractivity contribution in [2.45, 2.75) is 6.61 Å². The topological polar surface area (TPSA) is 60.1 Å². The van der Waals surface area contributed by atoms with Crippen LogP contribution in [-0.4, -0.2) is 16.7 Å². The fourth-order valence-corrected chi connectivity index (χ4v) is 3.36. The summed E-state index contributed by atoms with van der Waals surface area (Å²) in [7, 11) is 3.42. The van der Waals surface area contributed by atoms with Gasteiger partial charge in [0.15, 0.2) is 17.3 Å². The van der Waals surface area contributed by atoms with Crippen LogP contribution in [0.15, 0.2) is 66.7 Å². The van der Waals surface area contributed by atoms with Crippen molar-refractivity contribution >= 4 is 22.7 Å². The first-order valence-electron chi connectivity index (χ1n) is 9.68. The molecule has 31 heavy (non-hydrogen) atoms. The molecule has 6 heteroatoms. The average molecular weight is 413 g/mol. The van der Waals surface area contributed by atoms with Crippen LogP contribution in [0, 0.1) is 17.1 Å². The second-order valence-electron chi connectivity index (χ2n) is 6.94. The number of nitrogens with zero attached hydrogens (tertiary/aromatic N) is 3. The highest BCUT2D eigenvalue weighted by Crippen LogP contribution is 2.31. The Morgan fingerprint density at radius 3 is 2.61 bits per heavy atom. The number of aromatic nitrogens is 2. The number of nitriles is 1. The lowest BCUT2D eigenvalue weighted by Gasteiger charge is -2.12. The largest absolute Gasteiger partial charge is 0.493 e. The summed E-state index contributed by atoms with van der Waals surface area (Å²) < 4.78 is 26.9. The first-order valence-corrected chi connectivity index (χ1v) is 9.68. The van der Waals surface area contributed by atoms with Crippen molar-refractivity contribution in [1.29, 1.82) is 5.26 Å².